The highest BCUT2D eigenvalue weighted by molar-refractivity contribution is 9.10. The van der Waals surface area contributed by atoms with E-state index in [2.05, 4.69) is 25.9 Å². The molecule has 22 heavy (non-hydrogen) atoms. The summed E-state index contributed by atoms with van der Waals surface area (Å²) in [5.41, 5.74) is 1.18. The number of rotatable bonds is 4. The Kier molecular flexibility index (Phi) is 4.80. The third-order valence-electron chi connectivity index (χ3n) is 3.42. The van der Waals surface area contributed by atoms with Crippen molar-refractivity contribution in [3.63, 3.8) is 0 Å². The molecule has 0 saturated carbocycles. The van der Waals surface area contributed by atoms with Gasteiger partial charge in [0.1, 0.15) is 5.75 Å². The first-order valence-corrected chi connectivity index (χ1v) is 7.91. The third kappa shape index (κ3) is 3.51. The summed E-state index contributed by atoms with van der Waals surface area (Å²) in [6.45, 7) is 0.722. The monoisotopic (exact) mass is 362 g/mol. The van der Waals surface area contributed by atoms with Crippen molar-refractivity contribution in [1.29, 1.82) is 0 Å². The van der Waals surface area contributed by atoms with Crippen LogP contribution in [0.2, 0.25) is 0 Å². The average Bonchev–Trinajstić information content (AvgIpc) is 2.56. The van der Waals surface area contributed by atoms with Crippen LogP contribution in [-0.4, -0.2) is 29.2 Å². The molecule has 0 amide bonds. The number of hydrogen-bond donors (Lipinski definition) is 0. The number of aromatic nitrogens is 2. The maximum Gasteiger partial charge on any atom is 0.199 e. The van der Waals surface area contributed by atoms with Gasteiger partial charge in [0.2, 0.25) is 0 Å². The normalized spacial score (nSPS) is 18.0. The first kappa shape index (κ1) is 15.1. The van der Waals surface area contributed by atoms with Crippen molar-refractivity contribution in [2.45, 2.75) is 25.6 Å². The van der Waals surface area contributed by atoms with Gasteiger partial charge < -0.3 is 9.47 Å². The van der Waals surface area contributed by atoms with Gasteiger partial charge in [-0.1, -0.05) is 0 Å². The molecule has 1 aliphatic heterocycles. The molecule has 114 valence electrons. The highest BCUT2D eigenvalue weighted by Crippen LogP contribution is 2.27. The van der Waals surface area contributed by atoms with Crippen LogP contribution in [-0.2, 0) is 4.74 Å². The summed E-state index contributed by atoms with van der Waals surface area (Å²) >= 11 is 3.30. The van der Waals surface area contributed by atoms with E-state index in [0.29, 0.717) is 22.7 Å². The molecule has 0 N–H and O–H groups in total. The van der Waals surface area contributed by atoms with E-state index in [1.54, 1.807) is 30.6 Å². The minimum absolute atomic E-state index is 0.227. The first-order chi connectivity index (χ1) is 10.8. The van der Waals surface area contributed by atoms with Crippen LogP contribution in [0.1, 0.15) is 29.6 Å². The number of carbonyl (C=O) groups excluding carboxylic acids is 1. The molecule has 1 unspecified atom stereocenters. The van der Waals surface area contributed by atoms with Gasteiger partial charge in [-0.15, -0.1) is 0 Å². The molecule has 1 saturated heterocycles. The second-order valence-corrected chi connectivity index (χ2v) is 5.92. The predicted octanol–water partition coefficient (Wildman–Crippen LogP) is 3.62. The van der Waals surface area contributed by atoms with Crippen molar-refractivity contribution in [3.8, 4) is 17.1 Å². The molecule has 1 aromatic heterocycles. The Morgan fingerprint density at radius 3 is 2.77 bits per heavy atom. The quantitative estimate of drug-likeness (QED) is 0.777. The lowest BCUT2D eigenvalue weighted by Crippen LogP contribution is -2.25. The van der Waals surface area contributed by atoms with Crippen LogP contribution < -0.4 is 4.74 Å². The summed E-state index contributed by atoms with van der Waals surface area (Å²) in [5, 5.41) is 0. The Labute approximate surface area is 136 Å². The standard InChI is InChI=1S/C16H15BrN2O3/c17-12-8-18-16(19-9-12)14-7-13(5-4-11(14)10-20)22-15-3-1-2-6-21-15/h4-5,7-10,15H,1-3,6H2. The summed E-state index contributed by atoms with van der Waals surface area (Å²) in [7, 11) is 0. The zero-order valence-electron chi connectivity index (χ0n) is 11.9. The molecule has 2 heterocycles. The number of carbonyl (C=O) groups is 1. The maximum atomic E-state index is 11.2. The molecular formula is C16H15BrN2O3. The molecule has 0 bridgehead atoms. The molecule has 0 spiro atoms. The number of hydrogen-bond acceptors (Lipinski definition) is 5. The van der Waals surface area contributed by atoms with Crippen LogP contribution in [0, 0.1) is 0 Å². The van der Waals surface area contributed by atoms with Crippen molar-refractivity contribution in [3.05, 3.63) is 40.6 Å². The minimum Gasteiger partial charge on any atom is -0.465 e. The molecule has 1 fully saturated rings. The van der Waals surface area contributed by atoms with Gasteiger partial charge in [-0.05, 0) is 47.0 Å². The van der Waals surface area contributed by atoms with Gasteiger partial charge in [0.15, 0.2) is 18.4 Å². The van der Waals surface area contributed by atoms with E-state index in [1.165, 1.54) is 0 Å². The highest BCUT2D eigenvalue weighted by Gasteiger charge is 2.16. The van der Waals surface area contributed by atoms with E-state index in [0.717, 1.165) is 36.6 Å². The fourth-order valence-electron chi connectivity index (χ4n) is 2.31. The Morgan fingerprint density at radius 2 is 2.09 bits per heavy atom. The molecular weight excluding hydrogens is 348 g/mol. The van der Waals surface area contributed by atoms with E-state index >= 15 is 0 Å². The van der Waals surface area contributed by atoms with E-state index in [9.17, 15) is 4.79 Å². The molecule has 0 aliphatic carbocycles. The van der Waals surface area contributed by atoms with E-state index in [4.69, 9.17) is 9.47 Å². The second kappa shape index (κ2) is 6.98. The molecule has 0 radical (unpaired) electrons. The van der Waals surface area contributed by atoms with Crippen LogP contribution in [0.4, 0.5) is 0 Å². The van der Waals surface area contributed by atoms with Crippen molar-refractivity contribution in [2.75, 3.05) is 6.61 Å². The minimum atomic E-state index is -0.227. The molecule has 1 atom stereocenters. The predicted molar refractivity (Wildman–Crippen MR) is 84.8 cm³/mol. The molecule has 6 heteroatoms. The van der Waals surface area contributed by atoms with Gasteiger partial charge in [-0.25, -0.2) is 9.97 Å². The van der Waals surface area contributed by atoms with Crippen LogP contribution in [0.5, 0.6) is 5.75 Å². The second-order valence-electron chi connectivity index (χ2n) is 5.01. The summed E-state index contributed by atoms with van der Waals surface area (Å²) in [6, 6.07) is 5.26. The maximum absolute atomic E-state index is 11.2. The summed E-state index contributed by atoms with van der Waals surface area (Å²) in [5.74, 6) is 1.14. The van der Waals surface area contributed by atoms with Gasteiger partial charge in [0.25, 0.3) is 0 Å². The molecule has 1 aliphatic rings. The van der Waals surface area contributed by atoms with Gasteiger partial charge in [0.05, 0.1) is 11.1 Å². The van der Waals surface area contributed by atoms with Crippen molar-refractivity contribution < 1.29 is 14.3 Å². The van der Waals surface area contributed by atoms with E-state index < -0.39 is 0 Å². The topological polar surface area (TPSA) is 61.3 Å². The van der Waals surface area contributed by atoms with Gasteiger partial charge in [-0.3, -0.25) is 4.79 Å². The SMILES string of the molecule is O=Cc1ccc(OC2CCCCO2)cc1-c1ncc(Br)cn1. The Morgan fingerprint density at radius 1 is 1.27 bits per heavy atom. The number of ether oxygens (including phenoxy) is 2. The summed E-state index contributed by atoms with van der Waals surface area (Å²) in [4.78, 5) is 19.7. The number of aldehydes is 1. The zero-order chi connectivity index (χ0) is 15.4. The van der Waals surface area contributed by atoms with Crippen molar-refractivity contribution in [1.82, 2.24) is 9.97 Å². The van der Waals surface area contributed by atoms with Gasteiger partial charge >= 0.3 is 0 Å². The van der Waals surface area contributed by atoms with Crippen LogP contribution in [0.15, 0.2) is 35.1 Å². The van der Waals surface area contributed by atoms with Crippen LogP contribution >= 0.6 is 15.9 Å². The number of nitrogens with zero attached hydrogens (tertiary/aromatic N) is 2. The number of halogens is 1. The van der Waals surface area contributed by atoms with E-state index in [-0.39, 0.29) is 6.29 Å². The first-order valence-electron chi connectivity index (χ1n) is 7.11. The summed E-state index contributed by atoms with van der Waals surface area (Å²) < 4.78 is 12.2. The van der Waals surface area contributed by atoms with Gasteiger partial charge in [-0.2, -0.15) is 0 Å². The molecule has 1 aromatic carbocycles. The van der Waals surface area contributed by atoms with Crippen LogP contribution in [0.3, 0.4) is 0 Å². The average molecular weight is 363 g/mol. The number of benzene rings is 1. The van der Waals surface area contributed by atoms with Crippen molar-refractivity contribution >= 4 is 22.2 Å². The van der Waals surface area contributed by atoms with E-state index in [1.807, 2.05) is 0 Å². The van der Waals surface area contributed by atoms with Crippen molar-refractivity contribution in [2.24, 2.45) is 0 Å². The Bertz CT molecular complexity index is 655. The van der Waals surface area contributed by atoms with Crippen LogP contribution in [0.25, 0.3) is 11.4 Å². The molecule has 2 aromatic rings. The summed E-state index contributed by atoms with van der Waals surface area (Å²) in [6.07, 6.45) is 6.90. The lowest BCUT2D eigenvalue weighted by atomic mass is 10.1. The Hall–Kier alpha value is -1.79. The Balaban J connectivity index is 1.88. The molecule has 3 rings (SSSR count). The lowest BCUT2D eigenvalue weighted by Gasteiger charge is -2.23. The fraction of sp³-hybridized carbons (Fsp3) is 0.312. The lowest BCUT2D eigenvalue weighted by molar-refractivity contribution is -0.105. The third-order valence-corrected chi connectivity index (χ3v) is 3.83. The van der Waals surface area contributed by atoms with Gasteiger partial charge in [0, 0.05) is 29.9 Å². The smallest absolute Gasteiger partial charge is 0.199 e. The molecule has 5 nitrogen and oxygen atoms in total. The largest absolute Gasteiger partial charge is 0.465 e. The fourth-order valence-corrected chi connectivity index (χ4v) is 2.52. The zero-order valence-corrected chi connectivity index (χ0v) is 13.5. The highest BCUT2D eigenvalue weighted by atomic mass is 79.9.